The van der Waals surface area contributed by atoms with E-state index in [0.717, 1.165) is 17.7 Å². The molecule has 7 nitrogen and oxygen atoms in total. The molecule has 1 saturated heterocycles. The lowest BCUT2D eigenvalue weighted by Gasteiger charge is -2.49. The Morgan fingerprint density at radius 2 is 2.06 bits per heavy atom. The second kappa shape index (κ2) is 7.52. The Morgan fingerprint density at radius 1 is 1.31 bits per heavy atom. The molecule has 2 N–H and O–H groups in total. The van der Waals surface area contributed by atoms with Crippen LogP contribution in [0, 0.1) is 12.7 Å². The number of ether oxygens (including phenoxy) is 1. The molecule has 0 saturated carbocycles. The molecule has 0 aliphatic carbocycles. The van der Waals surface area contributed by atoms with Gasteiger partial charge in [-0.05, 0) is 31.5 Å². The number of aromatic nitrogens is 3. The average Bonchev–Trinajstić information content (AvgIpc) is 3.12. The number of aliphatic hydroxyl groups is 1. The van der Waals surface area contributed by atoms with Crippen LogP contribution in [0.5, 0.6) is 0 Å². The molecule has 3 heterocycles. The van der Waals surface area contributed by atoms with E-state index in [1.165, 1.54) is 17.6 Å². The lowest BCUT2D eigenvalue weighted by Crippen LogP contribution is -2.65. The first-order valence-corrected chi connectivity index (χ1v) is 9.74. The zero-order valence-electron chi connectivity index (χ0n) is 17.2. The fourth-order valence-electron chi connectivity index (χ4n) is 4.00. The summed E-state index contributed by atoms with van der Waals surface area (Å²) in [5.41, 5.74) is -3.91. The van der Waals surface area contributed by atoms with Crippen LogP contribution in [0.25, 0.3) is 5.65 Å². The minimum Gasteiger partial charge on any atom is -0.385 e. The molecule has 170 valence electrons. The standard InChI is InChI=1S/C21H20F4N4O3/c1-12-8-26-17-14(9-27-29(17)10-12)18(30)28-20(5-6-32-11-19(20,2)31)15-4-3-13(7-16(15)22)21(23,24)25/h3-4,7-10,31H,5-6,11H2,1-2H3,(H,28,30)/t19?,20-/m1/s1. The van der Waals surface area contributed by atoms with Crippen molar-refractivity contribution in [1.82, 2.24) is 19.9 Å². The van der Waals surface area contributed by atoms with Crippen molar-refractivity contribution in [3.63, 3.8) is 0 Å². The number of alkyl halides is 3. The Kier molecular flexibility index (Phi) is 5.21. The van der Waals surface area contributed by atoms with Gasteiger partial charge in [0.2, 0.25) is 0 Å². The zero-order valence-corrected chi connectivity index (χ0v) is 17.2. The van der Waals surface area contributed by atoms with E-state index in [2.05, 4.69) is 15.4 Å². The number of benzene rings is 1. The van der Waals surface area contributed by atoms with Crippen LogP contribution in [-0.2, 0) is 16.5 Å². The van der Waals surface area contributed by atoms with E-state index in [1.54, 1.807) is 19.3 Å². The van der Waals surface area contributed by atoms with Crippen molar-refractivity contribution in [2.45, 2.75) is 37.6 Å². The van der Waals surface area contributed by atoms with Crippen molar-refractivity contribution in [1.29, 1.82) is 0 Å². The first kappa shape index (κ1) is 22.2. The normalized spacial score (nSPS) is 24.0. The largest absolute Gasteiger partial charge is 0.416 e. The van der Waals surface area contributed by atoms with Gasteiger partial charge in [0.15, 0.2) is 5.65 Å². The van der Waals surface area contributed by atoms with E-state index in [0.29, 0.717) is 6.07 Å². The number of rotatable bonds is 3. The first-order valence-electron chi connectivity index (χ1n) is 9.74. The Morgan fingerprint density at radius 3 is 2.72 bits per heavy atom. The number of nitrogens with zero attached hydrogens (tertiary/aromatic N) is 3. The highest BCUT2D eigenvalue weighted by Gasteiger charge is 2.53. The van der Waals surface area contributed by atoms with Crippen molar-refractivity contribution in [2.24, 2.45) is 0 Å². The molecule has 0 radical (unpaired) electrons. The van der Waals surface area contributed by atoms with Crippen LogP contribution in [0.15, 0.2) is 36.8 Å². The molecule has 1 amide bonds. The number of fused-ring (bicyclic) bond motifs is 1. The van der Waals surface area contributed by atoms with Crippen molar-refractivity contribution in [3.05, 3.63) is 64.9 Å². The molecule has 1 fully saturated rings. The van der Waals surface area contributed by atoms with Crippen LogP contribution < -0.4 is 5.32 Å². The van der Waals surface area contributed by atoms with Crippen LogP contribution in [-0.4, -0.2) is 44.4 Å². The van der Waals surface area contributed by atoms with E-state index in [4.69, 9.17) is 4.74 Å². The number of hydrogen-bond donors (Lipinski definition) is 2. The molecule has 0 spiro atoms. The summed E-state index contributed by atoms with van der Waals surface area (Å²) in [6, 6.07) is 2.02. The number of nitrogens with one attached hydrogen (secondary N) is 1. The van der Waals surface area contributed by atoms with Gasteiger partial charge in [0, 0.05) is 31.0 Å². The summed E-state index contributed by atoms with van der Waals surface area (Å²) < 4.78 is 60.8. The van der Waals surface area contributed by atoms with E-state index in [9.17, 15) is 23.1 Å². The zero-order chi connectivity index (χ0) is 23.3. The van der Waals surface area contributed by atoms with E-state index in [-0.39, 0.29) is 36.4 Å². The van der Waals surface area contributed by atoms with Crippen molar-refractivity contribution < 1.29 is 32.2 Å². The van der Waals surface area contributed by atoms with Gasteiger partial charge in [-0.1, -0.05) is 6.07 Å². The van der Waals surface area contributed by atoms with Gasteiger partial charge < -0.3 is 15.2 Å². The van der Waals surface area contributed by atoms with Gasteiger partial charge in [-0.25, -0.2) is 13.9 Å². The maximum absolute atomic E-state index is 15.0. The number of carbonyl (C=O) groups excluding carboxylic acids is 1. The lowest BCUT2D eigenvalue weighted by molar-refractivity contribution is -0.140. The molecule has 3 aromatic rings. The molecule has 1 aliphatic rings. The van der Waals surface area contributed by atoms with Crippen LogP contribution in [0.1, 0.15) is 40.4 Å². The monoisotopic (exact) mass is 452 g/mol. The Bertz CT molecular complexity index is 1190. The van der Waals surface area contributed by atoms with E-state index >= 15 is 4.39 Å². The van der Waals surface area contributed by atoms with Gasteiger partial charge in [0.05, 0.1) is 18.4 Å². The Hall–Kier alpha value is -3.05. The van der Waals surface area contributed by atoms with Gasteiger partial charge >= 0.3 is 6.18 Å². The molecule has 4 rings (SSSR count). The molecule has 32 heavy (non-hydrogen) atoms. The third-order valence-corrected chi connectivity index (χ3v) is 5.74. The van der Waals surface area contributed by atoms with Crippen LogP contribution >= 0.6 is 0 Å². The molecule has 1 unspecified atom stereocenters. The molecule has 1 aromatic carbocycles. The number of carbonyl (C=O) groups is 1. The quantitative estimate of drug-likeness (QED) is 0.597. The molecule has 1 aliphatic heterocycles. The minimum absolute atomic E-state index is 0.0447. The van der Waals surface area contributed by atoms with Gasteiger partial charge in [-0.15, -0.1) is 0 Å². The summed E-state index contributed by atoms with van der Waals surface area (Å²) in [4.78, 5) is 17.4. The lowest BCUT2D eigenvalue weighted by atomic mass is 9.71. The molecular weight excluding hydrogens is 432 g/mol. The van der Waals surface area contributed by atoms with Crippen LogP contribution in [0.3, 0.4) is 0 Å². The summed E-state index contributed by atoms with van der Waals surface area (Å²) in [6.07, 6.45) is -0.324. The third-order valence-electron chi connectivity index (χ3n) is 5.74. The highest BCUT2D eigenvalue weighted by molar-refractivity contribution is 6.00. The minimum atomic E-state index is -4.74. The molecule has 2 atom stereocenters. The van der Waals surface area contributed by atoms with Crippen LogP contribution in [0.2, 0.25) is 0 Å². The predicted molar refractivity (Wildman–Crippen MR) is 104 cm³/mol. The summed E-state index contributed by atoms with van der Waals surface area (Å²) in [6.45, 7) is 2.92. The number of amides is 1. The number of aryl methyl sites for hydroxylation is 1. The Labute approximate surface area is 180 Å². The van der Waals surface area contributed by atoms with Crippen molar-refractivity contribution in [2.75, 3.05) is 13.2 Å². The van der Waals surface area contributed by atoms with Crippen LogP contribution in [0.4, 0.5) is 17.6 Å². The fraction of sp³-hybridized carbons (Fsp3) is 0.381. The summed E-state index contributed by atoms with van der Waals surface area (Å²) >= 11 is 0. The van der Waals surface area contributed by atoms with Crippen molar-refractivity contribution >= 4 is 11.6 Å². The smallest absolute Gasteiger partial charge is 0.385 e. The third kappa shape index (κ3) is 3.61. The second-order valence-corrected chi connectivity index (χ2v) is 8.09. The molecule has 0 bridgehead atoms. The fourth-order valence-corrected chi connectivity index (χ4v) is 4.00. The maximum Gasteiger partial charge on any atom is 0.416 e. The predicted octanol–water partition coefficient (Wildman–Crippen LogP) is 2.99. The van der Waals surface area contributed by atoms with E-state index in [1.807, 2.05) is 0 Å². The second-order valence-electron chi connectivity index (χ2n) is 8.09. The average molecular weight is 452 g/mol. The first-order chi connectivity index (χ1) is 14.9. The summed E-state index contributed by atoms with van der Waals surface area (Å²) in [5, 5.41) is 17.9. The topological polar surface area (TPSA) is 88.8 Å². The van der Waals surface area contributed by atoms with Gasteiger partial charge in [-0.3, -0.25) is 4.79 Å². The SMILES string of the molecule is Cc1cnc2c(C(=O)N[C@@]3(c4ccc(C(F)(F)F)cc4F)CCOCC3(C)O)cnn2c1. The Balaban J connectivity index is 1.80. The van der Waals surface area contributed by atoms with Gasteiger partial charge in [0.1, 0.15) is 22.5 Å². The van der Waals surface area contributed by atoms with Crippen molar-refractivity contribution in [3.8, 4) is 0 Å². The molecular formula is C21H20F4N4O3. The number of halogens is 4. The van der Waals surface area contributed by atoms with E-state index < -0.39 is 34.6 Å². The molecule has 11 heteroatoms. The maximum atomic E-state index is 15.0. The highest BCUT2D eigenvalue weighted by Crippen LogP contribution is 2.42. The molecule has 2 aromatic heterocycles. The van der Waals surface area contributed by atoms with Gasteiger partial charge in [0.25, 0.3) is 5.91 Å². The number of hydrogen-bond acceptors (Lipinski definition) is 5. The van der Waals surface area contributed by atoms with Gasteiger partial charge in [-0.2, -0.15) is 18.3 Å². The summed E-state index contributed by atoms with van der Waals surface area (Å²) in [5.74, 6) is -1.91. The highest BCUT2D eigenvalue weighted by atomic mass is 19.4. The summed E-state index contributed by atoms with van der Waals surface area (Å²) in [7, 11) is 0.